The van der Waals surface area contributed by atoms with Crippen LogP contribution in [0.5, 0.6) is 0 Å². The third-order valence-electron chi connectivity index (χ3n) is 5.60. The van der Waals surface area contributed by atoms with Gasteiger partial charge in [-0.2, -0.15) is 4.57 Å². The second kappa shape index (κ2) is 7.54. The molecule has 4 heterocycles. The molecule has 0 bridgehead atoms. The van der Waals surface area contributed by atoms with Crippen molar-refractivity contribution in [1.29, 1.82) is 0 Å². The number of benzene rings is 1. The van der Waals surface area contributed by atoms with Crippen LogP contribution in [0.25, 0.3) is 16.6 Å². The molecule has 1 amide bonds. The fraction of sp³-hybridized carbons (Fsp3) is 0.125. The summed E-state index contributed by atoms with van der Waals surface area (Å²) in [6, 6.07) is 20.2. The quantitative estimate of drug-likeness (QED) is 0.408. The molecule has 0 saturated heterocycles. The van der Waals surface area contributed by atoms with Crippen LogP contribution in [0.15, 0.2) is 78.0 Å². The maximum Gasteiger partial charge on any atom is 0.283 e. The fourth-order valence-electron chi connectivity index (χ4n) is 4.15. The molecule has 30 heavy (non-hydrogen) atoms. The van der Waals surface area contributed by atoms with Crippen molar-refractivity contribution in [2.45, 2.75) is 6.92 Å². The van der Waals surface area contributed by atoms with Crippen LogP contribution in [0, 0.1) is 6.92 Å². The summed E-state index contributed by atoms with van der Waals surface area (Å²) in [5.74, 6) is -0.0891. The topological polar surface area (TPSA) is 41.0 Å². The summed E-state index contributed by atoms with van der Waals surface area (Å²) in [5, 5.41) is 0. The summed E-state index contributed by atoms with van der Waals surface area (Å²) in [7, 11) is 3.74. The molecule has 0 saturated carbocycles. The van der Waals surface area contributed by atoms with E-state index < -0.39 is 0 Å². The van der Waals surface area contributed by atoms with Crippen LogP contribution in [0.3, 0.4) is 0 Å². The van der Waals surface area contributed by atoms with Crippen LogP contribution in [-0.2, 0) is 11.8 Å². The maximum absolute atomic E-state index is 13.1. The number of amides is 1. The molecule has 0 unspecified atom stereocenters. The first-order chi connectivity index (χ1) is 14.1. The molecule has 0 spiro atoms. The van der Waals surface area contributed by atoms with E-state index in [-0.39, 0.29) is 22.9 Å². The van der Waals surface area contributed by atoms with Crippen LogP contribution < -0.4 is 26.4 Å². The SMILES string of the molecule is Cc1c(-c2ccccc2)c(N=C2C(=O)N(C)c3ccc[n+](C)c32)c2ccccn12.[Br-]. The number of carbonyl (C=O) groups excluding carboxylic acids is 1. The molecule has 1 aliphatic rings. The van der Waals surface area contributed by atoms with E-state index in [9.17, 15) is 4.79 Å². The lowest BCUT2D eigenvalue weighted by molar-refractivity contribution is -0.671. The van der Waals surface area contributed by atoms with Gasteiger partial charge in [0.25, 0.3) is 11.6 Å². The molecule has 5 rings (SSSR count). The molecule has 1 aromatic carbocycles. The Morgan fingerprint density at radius 2 is 1.70 bits per heavy atom. The Kier molecular flexibility index (Phi) is 5.03. The van der Waals surface area contributed by atoms with Gasteiger partial charge in [-0.25, -0.2) is 4.99 Å². The zero-order valence-electron chi connectivity index (χ0n) is 17.0. The maximum atomic E-state index is 13.1. The highest BCUT2D eigenvalue weighted by atomic mass is 79.9. The highest BCUT2D eigenvalue weighted by molar-refractivity contribution is 6.53. The third-order valence-corrected chi connectivity index (χ3v) is 5.60. The number of carbonyl (C=O) groups is 1. The smallest absolute Gasteiger partial charge is 0.283 e. The molecular weight excluding hydrogens is 440 g/mol. The number of likely N-dealkylation sites (N-methyl/N-ethyl adjacent to an activating group) is 1. The number of rotatable bonds is 2. The number of aryl methyl sites for hydroxylation is 2. The van der Waals surface area contributed by atoms with E-state index in [0.29, 0.717) is 5.71 Å². The average molecular weight is 461 g/mol. The minimum Gasteiger partial charge on any atom is -1.00 e. The van der Waals surface area contributed by atoms with E-state index in [1.807, 2.05) is 72.5 Å². The number of aromatic nitrogens is 2. The Morgan fingerprint density at radius 3 is 2.47 bits per heavy atom. The summed E-state index contributed by atoms with van der Waals surface area (Å²) >= 11 is 0. The Bertz CT molecular complexity index is 1310. The van der Waals surface area contributed by atoms with Crippen molar-refractivity contribution in [1.82, 2.24) is 4.40 Å². The summed E-state index contributed by atoms with van der Waals surface area (Å²) in [6.45, 7) is 2.09. The Morgan fingerprint density at radius 1 is 0.967 bits per heavy atom. The number of anilines is 1. The molecule has 4 aromatic rings. The molecular formula is C24H21BrN4O. The van der Waals surface area contributed by atoms with E-state index in [0.717, 1.165) is 39.4 Å². The van der Waals surface area contributed by atoms with Gasteiger partial charge in [0.05, 0.1) is 11.2 Å². The third kappa shape index (κ3) is 2.87. The summed E-state index contributed by atoms with van der Waals surface area (Å²) in [5.41, 5.74) is 7.23. The molecule has 5 nitrogen and oxygen atoms in total. The number of aliphatic imine (C=N–C) groups is 1. The standard InChI is InChI=1S/C24H21N4O.BrH/c1-16-20(17-10-5-4-6-11-17)21(18-12-7-8-15-28(16)18)25-22-23-19(27(3)24(22)29)13-9-14-26(23)2;/h4-15H,1-3H3;1H/q+1;/p-1. The van der Waals surface area contributed by atoms with Gasteiger partial charge in [0, 0.05) is 30.6 Å². The van der Waals surface area contributed by atoms with E-state index in [1.165, 1.54) is 0 Å². The molecule has 0 fully saturated rings. The first-order valence-corrected chi connectivity index (χ1v) is 9.58. The second-order valence-corrected chi connectivity index (χ2v) is 7.31. The van der Waals surface area contributed by atoms with E-state index in [1.54, 1.807) is 11.9 Å². The molecule has 0 radical (unpaired) electrons. The Hall–Kier alpha value is -3.25. The number of halogens is 1. The normalized spacial score (nSPS) is 14.3. The van der Waals surface area contributed by atoms with Crippen molar-refractivity contribution in [3.8, 4) is 11.1 Å². The molecule has 3 aromatic heterocycles. The fourth-order valence-corrected chi connectivity index (χ4v) is 4.15. The monoisotopic (exact) mass is 460 g/mol. The van der Waals surface area contributed by atoms with Crippen molar-refractivity contribution in [3.05, 3.63) is 84.4 Å². The number of pyridine rings is 2. The van der Waals surface area contributed by atoms with Gasteiger partial charge in [0.15, 0.2) is 6.20 Å². The van der Waals surface area contributed by atoms with Crippen LogP contribution in [0.4, 0.5) is 11.4 Å². The lowest BCUT2D eigenvalue weighted by Crippen LogP contribution is -3.00. The zero-order valence-corrected chi connectivity index (χ0v) is 18.6. The van der Waals surface area contributed by atoms with Crippen LogP contribution in [0.2, 0.25) is 0 Å². The molecule has 6 heteroatoms. The lowest BCUT2D eigenvalue weighted by atomic mass is 10.0. The second-order valence-electron chi connectivity index (χ2n) is 7.31. The van der Waals surface area contributed by atoms with Gasteiger partial charge in [-0.1, -0.05) is 36.4 Å². The molecule has 150 valence electrons. The first-order valence-electron chi connectivity index (χ1n) is 9.58. The number of hydrogen-bond donors (Lipinski definition) is 0. The Labute approximate surface area is 185 Å². The van der Waals surface area contributed by atoms with Crippen molar-refractivity contribution in [2.24, 2.45) is 12.0 Å². The Balaban J connectivity index is 0.00000218. The van der Waals surface area contributed by atoms with Gasteiger partial charge in [-0.05, 0) is 30.7 Å². The van der Waals surface area contributed by atoms with E-state index in [2.05, 4.69) is 23.5 Å². The van der Waals surface area contributed by atoms with Crippen LogP contribution in [-0.4, -0.2) is 23.1 Å². The van der Waals surface area contributed by atoms with E-state index in [4.69, 9.17) is 4.99 Å². The van der Waals surface area contributed by atoms with Gasteiger partial charge < -0.3 is 26.3 Å². The summed E-state index contributed by atoms with van der Waals surface area (Å²) in [4.78, 5) is 19.8. The van der Waals surface area contributed by atoms with Gasteiger partial charge in [0.1, 0.15) is 12.7 Å². The number of fused-ring (bicyclic) bond motifs is 2. The van der Waals surface area contributed by atoms with Crippen molar-refractivity contribution in [3.63, 3.8) is 0 Å². The zero-order chi connectivity index (χ0) is 20.1. The summed E-state index contributed by atoms with van der Waals surface area (Å²) in [6.07, 6.45) is 3.99. The van der Waals surface area contributed by atoms with Gasteiger partial charge >= 0.3 is 0 Å². The van der Waals surface area contributed by atoms with Crippen molar-refractivity contribution >= 4 is 28.5 Å². The van der Waals surface area contributed by atoms with Crippen LogP contribution in [0.1, 0.15) is 11.4 Å². The summed E-state index contributed by atoms with van der Waals surface area (Å²) < 4.78 is 4.10. The van der Waals surface area contributed by atoms with E-state index >= 15 is 0 Å². The minimum absolute atomic E-state index is 0. The molecule has 1 aliphatic heterocycles. The van der Waals surface area contributed by atoms with Crippen molar-refractivity contribution in [2.75, 3.05) is 11.9 Å². The number of hydrogen-bond acceptors (Lipinski definition) is 2. The predicted molar refractivity (Wildman–Crippen MR) is 115 cm³/mol. The molecule has 0 atom stereocenters. The van der Waals surface area contributed by atoms with Gasteiger partial charge in [0.2, 0.25) is 5.71 Å². The van der Waals surface area contributed by atoms with Gasteiger partial charge in [-0.3, -0.25) is 4.79 Å². The average Bonchev–Trinajstić information content (AvgIpc) is 3.16. The number of nitrogens with zero attached hydrogens (tertiary/aromatic N) is 4. The highest BCUT2D eigenvalue weighted by Gasteiger charge is 2.39. The highest BCUT2D eigenvalue weighted by Crippen LogP contribution is 2.40. The first kappa shape index (κ1) is 20.0. The minimum atomic E-state index is -0.0891. The van der Waals surface area contributed by atoms with Crippen molar-refractivity contribution < 1.29 is 26.3 Å². The lowest BCUT2D eigenvalue weighted by Gasteiger charge is -2.06. The molecule has 0 aliphatic carbocycles. The van der Waals surface area contributed by atoms with Gasteiger partial charge in [-0.15, -0.1) is 0 Å². The predicted octanol–water partition coefficient (Wildman–Crippen LogP) is 0.840. The van der Waals surface area contributed by atoms with Crippen LogP contribution >= 0.6 is 0 Å². The molecule has 0 N–H and O–H groups in total. The largest absolute Gasteiger partial charge is 1.00 e.